The topological polar surface area (TPSA) is 21.3 Å². The van der Waals surface area contributed by atoms with Gasteiger partial charge in [0, 0.05) is 13.1 Å². The fourth-order valence-corrected chi connectivity index (χ4v) is 3.18. The van der Waals surface area contributed by atoms with Gasteiger partial charge in [-0.05, 0) is 37.0 Å². The van der Waals surface area contributed by atoms with Crippen LogP contribution < -0.4 is 5.32 Å². The first-order valence-electron chi connectivity index (χ1n) is 6.83. The average molecular weight is 249 g/mol. The molecule has 3 heteroatoms. The molecule has 2 aliphatic rings. The minimum absolute atomic E-state index is 0.0329. The van der Waals surface area contributed by atoms with E-state index in [2.05, 4.69) is 5.32 Å². The lowest BCUT2D eigenvalue weighted by atomic mass is 9.97. The van der Waals surface area contributed by atoms with Crippen molar-refractivity contribution in [2.45, 2.75) is 44.3 Å². The number of aryl methyl sites for hydroxylation is 1. The summed E-state index contributed by atoms with van der Waals surface area (Å²) in [7, 11) is 0. The lowest BCUT2D eigenvalue weighted by molar-refractivity contribution is -0.114. The highest BCUT2D eigenvalue weighted by molar-refractivity contribution is 5.26. The molecule has 1 spiro atoms. The van der Waals surface area contributed by atoms with Crippen molar-refractivity contribution >= 4 is 0 Å². The summed E-state index contributed by atoms with van der Waals surface area (Å²) >= 11 is 0. The summed E-state index contributed by atoms with van der Waals surface area (Å²) in [5, 5.41) is 3.48. The van der Waals surface area contributed by atoms with Crippen LogP contribution in [0.2, 0.25) is 0 Å². The van der Waals surface area contributed by atoms with E-state index in [9.17, 15) is 4.39 Å². The molecule has 0 radical (unpaired) electrons. The second-order valence-electron chi connectivity index (χ2n) is 5.64. The fourth-order valence-electron chi connectivity index (χ4n) is 3.18. The zero-order valence-electron chi connectivity index (χ0n) is 10.8. The highest BCUT2D eigenvalue weighted by atomic mass is 19.1. The number of rotatable bonds is 1. The van der Waals surface area contributed by atoms with Crippen LogP contribution in [0.3, 0.4) is 0 Å². The Bertz CT molecular complexity index is 440. The molecular formula is C15H20FNO. The maximum absolute atomic E-state index is 13.3. The van der Waals surface area contributed by atoms with Gasteiger partial charge in [-0.25, -0.2) is 4.39 Å². The van der Waals surface area contributed by atoms with Crippen LogP contribution in [0.15, 0.2) is 18.2 Å². The van der Waals surface area contributed by atoms with E-state index < -0.39 is 0 Å². The highest BCUT2D eigenvalue weighted by Gasteiger charge is 2.40. The number of nitrogens with one attached hydrogen (secondary N) is 1. The lowest BCUT2D eigenvalue weighted by Crippen LogP contribution is -2.49. The number of halogens is 1. The van der Waals surface area contributed by atoms with Crippen molar-refractivity contribution in [2.75, 3.05) is 13.1 Å². The molecule has 1 saturated heterocycles. The van der Waals surface area contributed by atoms with Gasteiger partial charge in [0.25, 0.3) is 0 Å². The van der Waals surface area contributed by atoms with Gasteiger partial charge in [0.15, 0.2) is 0 Å². The van der Waals surface area contributed by atoms with Crippen LogP contribution in [0.25, 0.3) is 0 Å². The summed E-state index contributed by atoms with van der Waals surface area (Å²) in [5.41, 5.74) is 1.82. The Morgan fingerprint density at radius 3 is 2.83 bits per heavy atom. The minimum Gasteiger partial charge on any atom is -0.364 e. The summed E-state index contributed by atoms with van der Waals surface area (Å²) in [4.78, 5) is 0. The standard InChI is InChI=1S/C15H20FNO/c1-11-8-12(4-5-13(11)16)14-9-17-10-15(18-14)6-2-3-7-15/h4-5,8,14,17H,2-3,6-7,9-10H2,1H3. The Kier molecular flexibility index (Phi) is 3.12. The Balaban J connectivity index is 1.81. The summed E-state index contributed by atoms with van der Waals surface area (Å²) in [6.07, 6.45) is 4.89. The van der Waals surface area contributed by atoms with Gasteiger partial charge in [0.1, 0.15) is 5.82 Å². The van der Waals surface area contributed by atoms with E-state index >= 15 is 0 Å². The maximum Gasteiger partial charge on any atom is 0.126 e. The van der Waals surface area contributed by atoms with Gasteiger partial charge in [-0.15, -0.1) is 0 Å². The fraction of sp³-hybridized carbons (Fsp3) is 0.600. The molecule has 1 unspecified atom stereocenters. The number of benzene rings is 1. The first-order valence-corrected chi connectivity index (χ1v) is 6.83. The van der Waals surface area contributed by atoms with Crippen LogP contribution in [0.4, 0.5) is 4.39 Å². The van der Waals surface area contributed by atoms with Gasteiger partial charge in [-0.2, -0.15) is 0 Å². The molecule has 1 N–H and O–H groups in total. The van der Waals surface area contributed by atoms with E-state index in [1.165, 1.54) is 12.8 Å². The molecule has 1 aliphatic carbocycles. The first-order chi connectivity index (χ1) is 8.69. The second-order valence-corrected chi connectivity index (χ2v) is 5.64. The van der Waals surface area contributed by atoms with Crippen molar-refractivity contribution in [3.8, 4) is 0 Å². The van der Waals surface area contributed by atoms with Crippen LogP contribution in [-0.4, -0.2) is 18.7 Å². The predicted molar refractivity (Wildman–Crippen MR) is 69.0 cm³/mol. The molecular weight excluding hydrogens is 229 g/mol. The van der Waals surface area contributed by atoms with Gasteiger partial charge in [-0.3, -0.25) is 0 Å². The smallest absolute Gasteiger partial charge is 0.126 e. The van der Waals surface area contributed by atoms with E-state index in [4.69, 9.17) is 4.74 Å². The summed E-state index contributed by atoms with van der Waals surface area (Å²) in [6.45, 7) is 3.59. The molecule has 98 valence electrons. The lowest BCUT2D eigenvalue weighted by Gasteiger charge is -2.39. The molecule has 1 aromatic rings. The number of hydrogen-bond acceptors (Lipinski definition) is 2. The minimum atomic E-state index is -0.141. The van der Waals surface area contributed by atoms with Gasteiger partial charge < -0.3 is 10.1 Å². The third-order valence-electron chi connectivity index (χ3n) is 4.24. The molecule has 18 heavy (non-hydrogen) atoms. The van der Waals surface area contributed by atoms with Crippen molar-refractivity contribution in [1.82, 2.24) is 5.32 Å². The van der Waals surface area contributed by atoms with E-state index in [1.807, 2.05) is 12.1 Å². The first kappa shape index (κ1) is 12.1. The molecule has 2 fully saturated rings. The number of ether oxygens (including phenoxy) is 1. The third kappa shape index (κ3) is 2.17. The van der Waals surface area contributed by atoms with Crippen molar-refractivity contribution in [3.05, 3.63) is 35.1 Å². The number of morpholine rings is 1. The Morgan fingerprint density at radius 2 is 2.11 bits per heavy atom. The monoisotopic (exact) mass is 249 g/mol. The van der Waals surface area contributed by atoms with Crippen LogP contribution in [-0.2, 0) is 4.74 Å². The summed E-state index contributed by atoms with van der Waals surface area (Å²) < 4.78 is 19.6. The molecule has 1 atom stereocenters. The molecule has 1 aliphatic heterocycles. The van der Waals surface area contributed by atoms with E-state index in [0.29, 0.717) is 5.56 Å². The Morgan fingerprint density at radius 1 is 1.33 bits per heavy atom. The highest BCUT2D eigenvalue weighted by Crippen LogP contribution is 2.39. The van der Waals surface area contributed by atoms with E-state index in [-0.39, 0.29) is 17.5 Å². The van der Waals surface area contributed by atoms with Crippen LogP contribution in [0.5, 0.6) is 0 Å². The zero-order valence-corrected chi connectivity index (χ0v) is 10.8. The molecule has 2 nitrogen and oxygen atoms in total. The van der Waals surface area contributed by atoms with Crippen molar-refractivity contribution in [3.63, 3.8) is 0 Å². The zero-order chi connectivity index (χ0) is 12.6. The van der Waals surface area contributed by atoms with Crippen molar-refractivity contribution in [1.29, 1.82) is 0 Å². The average Bonchev–Trinajstić information content (AvgIpc) is 2.81. The maximum atomic E-state index is 13.3. The number of hydrogen-bond donors (Lipinski definition) is 1. The van der Waals surface area contributed by atoms with Gasteiger partial charge in [0.05, 0.1) is 11.7 Å². The SMILES string of the molecule is Cc1cc(C2CNCC3(CCCC3)O2)ccc1F. The van der Waals surface area contributed by atoms with E-state index in [1.54, 1.807) is 13.0 Å². The third-order valence-corrected chi connectivity index (χ3v) is 4.24. The summed E-state index contributed by atoms with van der Waals surface area (Å²) in [6, 6.07) is 5.31. The van der Waals surface area contributed by atoms with Crippen molar-refractivity contribution < 1.29 is 9.13 Å². The molecule has 1 saturated carbocycles. The predicted octanol–water partition coefficient (Wildman–Crippen LogP) is 3.11. The van der Waals surface area contributed by atoms with Crippen LogP contribution in [0, 0.1) is 12.7 Å². The van der Waals surface area contributed by atoms with Crippen LogP contribution in [0.1, 0.15) is 42.9 Å². The van der Waals surface area contributed by atoms with E-state index in [0.717, 1.165) is 31.5 Å². The quantitative estimate of drug-likeness (QED) is 0.825. The van der Waals surface area contributed by atoms with Crippen molar-refractivity contribution in [2.24, 2.45) is 0 Å². The molecule has 1 aromatic carbocycles. The summed E-state index contributed by atoms with van der Waals surface area (Å²) in [5.74, 6) is -0.141. The van der Waals surface area contributed by atoms with Crippen LogP contribution >= 0.6 is 0 Å². The molecule has 0 aromatic heterocycles. The molecule has 0 bridgehead atoms. The normalized spacial score (nSPS) is 26.7. The Labute approximate surface area is 108 Å². The second kappa shape index (κ2) is 4.63. The van der Waals surface area contributed by atoms with Gasteiger partial charge >= 0.3 is 0 Å². The Hall–Kier alpha value is -0.930. The molecule has 0 amide bonds. The molecule has 1 heterocycles. The molecule has 3 rings (SSSR count). The van der Waals surface area contributed by atoms with Gasteiger partial charge in [-0.1, -0.05) is 25.0 Å². The van der Waals surface area contributed by atoms with Gasteiger partial charge in [0.2, 0.25) is 0 Å². The largest absolute Gasteiger partial charge is 0.364 e.